The van der Waals surface area contributed by atoms with Gasteiger partial charge in [0.1, 0.15) is 18.4 Å². The maximum Gasteiger partial charge on any atom is 0.352 e. The predicted octanol–water partition coefficient (Wildman–Crippen LogP) is 4.44. The first-order valence-corrected chi connectivity index (χ1v) is 16.8. The third-order valence-electron chi connectivity index (χ3n) is 7.93. The van der Waals surface area contributed by atoms with Crippen LogP contribution in [0.25, 0.3) is 22.3 Å². The summed E-state index contributed by atoms with van der Waals surface area (Å²) in [5, 5.41) is 2.85. The summed E-state index contributed by atoms with van der Waals surface area (Å²) >= 11 is 0. The Balaban J connectivity index is 1.34. The second-order valence-corrected chi connectivity index (χ2v) is 16.6. The number of nitrogens with one attached hydrogen (secondary N) is 1. The summed E-state index contributed by atoms with van der Waals surface area (Å²) in [5.74, 6) is -3.73. The van der Waals surface area contributed by atoms with Crippen LogP contribution in [0.1, 0.15) is 37.8 Å². The Kier molecular flexibility index (Phi) is 6.96. The van der Waals surface area contributed by atoms with Crippen LogP contribution in [0.5, 0.6) is 5.88 Å². The van der Waals surface area contributed by atoms with Gasteiger partial charge in [-0.05, 0) is 56.7 Å². The second-order valence-electron chi connectivity index (χ2n) is 12.0. The topological polar surface area (TPSA) is 98.6 Å². The minimum Gasteiger partial charge on any atom is -0.473 e. The Morgan fingerprint density at radius 2 is 1.98 bits per heavy atom. The molecule has 2 amide bonds. The van der Waals surface area contributed by atoms with Gasteiger partial charge >= 0.3 is 11.8 Å². The third-order valence-corrected chi connectivity index (χ3v) is 9.32. The molecule has 0 unspecified atom stereocenters. The summed E-state index contributed by atoms with van der Waals surface area (Å²) in [4.78, 5) is 35.0. The quantitative estimate of drug-likeness (QED) is 0.352. The molecule has 3 aromatic rings. The second kappa shape index (κ2) is 10.2. The average Bonchev–Trinajstić information content (AvgIpc) is 3.45. The number of hydrogen-bond acceptors (Lipinski definition) is 6. The van der Waals surface area contributed by atoms with Gasteiger partial charge in [-0.25, -0.2) is 20.0 Å². The molecule has 2 aliphatic heterocycles. The molecule has 3 aliphatic rings. The van der Waals surface area contributed by atoms with Gasteiger partial charge in [0.25, 0.3) is 0 Å². The van der Waals surface area contributed by atoms with Crippen molar-refractivity contribution >= 4 is 38.6 Å². The SMILES string of the molecule is C[C@@H](Oc1nc(-c2ccc3c(c2)N(COCCS(C)(C)C)C(=O)C3(F)F)cc2ncn(C3CC3)c12)[C@H]1CNC(=O)C1. The summed E-state index contributed by atoms with van der Waals surface area (Å²) in [5.41, 5.74) is 2.26. The number of fused-ring (bicyclic) bond motifs is 2. The summed E-state index contributed by atoms with van der Waals surface area (Å²) in [6.45, 7) is 2.59. The number of aromatic nitrogens is 3. The van der Waals surface area contributed by atoms with Gasteiger partial charge in [0, 0.05) is 36.2 Å². The lowest BCUT2D eigenvalue weighted by atomic mass is 10.0. The zero-order valence-corrected chi connectivity index (χ0v) is 24.5. The molecule has 12 heteroatoms. The van der Waals surface area contributed by atoms with Crippen LogP contribution in [0.4, 0.5) is 14.5 Å². The van der Waals surface area contributed by atoms with E-state index in [9.17, 15) is 18.4 Å². The molecule has 220 valence electrons. The predicted molar refractivity (Wildman–Crippen MR) is 155 cm³/mol. The number of benzene rings is 1. The first-order valence-electron chi connectivity index (χ1n) is 13.8. The molecule has 2 fully saturated rings. The number of rotatable bonds is 10. The van der Waals surface area contributed by atoms with Crippen LogP contribution in [0.2, 0.25) is 0 Å². The van der Waals surface area contributed by atoms with Crippen molar-refractivity contribution in [3.8, 4) is 17.1 Å². The Bertz CT molecular complexity index is 1520. The van der Waals surface area contributed by atoms with Gasteiger partial charge in [-0.2, -0.15) is 8.78 Å². The average molecular weight is 588 g/mol. The molecule has 4 heterocycles. The number of ether oxygens (including phenoxy) is 2. The minimum absolute atomic E-state index is 0.00184. The number of hydrogen-bond donors (Lipinski definition) is 1. The molecular weight excluding hydrogens is 552 g/mol. The molecule has 1 aromatic carbocycles. The lowest BCUT2D eigenvalue weighted by molar-refractivity contribution is -0.142. The fourth-order valence-corrected chi connectivity index (χ4v) is 5.90. The van der Waals surface area contributed by atoms with Crippen molar-refractivity contribution in [3.63, 3.8) is 0 Å². The van der Waals surface area contributed by atoms with E-state index >= 15 is 0 Å². The van der Waals surface area contributed by atoms with E-state index in [1.54, 1.807) is 18.5 Å². The normalized spacial score (nSPS) is 21.3. The smallest absolute Gasteiger partial charge is 0.352 e. The van der Waals surface area contributed by atoms with Crippen LogP contribution < -0.4 is 15.0 Å². The number of nitrogens with zero attached hydrogens (tertiary/aromatic N) is 4. The molecule has 1 N–H and O–H groups in total. The lowest BCUT2D eigenvalue weighted by Crippen LogP contribution is -2.36. The largest absolute Gasteiger partial charge is 0.473 e. The van der Waals surface area contributed by atoms with Crippen molar-refractivity contribution in [2.75, 3.05) is 49.3 Å². The first kappa shape index (κ1) is 27.9. The van der Waals surface area contributed by atoms with Crippen LogP contribution in [0.15, 0.2) is 30.6 Å². The van der Waals surface area contributed by atoms with Crippen molar-refractivity contribution in [1.82, 2.24) is 19.9 Å². The van der Waals surface area contributed by atoms with E-state index in [4.69, 9.17) is 14.5 Å². The maximum absolute atomic E-state index is 15.0. The summed E-state index contributed by atoms with van der Waals surface area (Å²) in [6, 6.07) is 6.55. The number of imidazole rings is 1. The molecule has 6 rings (SSSR count). The molecule has 41 heavy (non-hydrogen) atoms. The van der Waals surface area contributed by atoms with Crippen molar-refractivity contribution < 1.29 is 27.8 Å². The highest BCUT2D eigenvalue weighted by Gasteiger charge is 2.53. The number of amides is 2. The number of carbonyl (C=O) groups is 2. The van der Waals surface area contributed by atoms with Crippen LogP contribution in [0, 0.1) is 5.92 Å². The van der Waals surface area contributed by atoms with Crippen molar-refractivity contribution in [1.29, 1.82) is 0 Å². The van der Waals surface area contributed by atoms with Gasteiger partial charge in [-0.15, -0.1) is 0 Å². The molecule has 1 saturated carbocycles. The number of anilines is 1. The van der Waals surface area contributed by atoms with E-state index in [1.807, 2.05) is 13.0 Å². The standard InChI is InChI=1S/C29H35F2N5O4S/c1-17(19-12-25(37)32-14-19)40-27-26-23(33-15-35(26)20-6-7-20)13-22(34-27)18-5-8-21-24(11-18)36(28(38)29(21,30)31)16-39-9-10-41(2,3)4/h5,8,11,13,15,17,19-20H,6-7,9-10,12,14,16H2,1-4H3,(H,32,37)/t17-,19-/m1/s1. The first-order chi connectivity index (χ1) is 19.4. The van der Waals surface area contributed by atoms with Crippen LogP contribution in [-0.4, -0.2) is 76.9 Å². The number of carbonyl (C=O) groups excluding carboxylic acids is 2. The van der Waals surface area contributed by atoms with E-state index in [2.05, 4.69) is 33.6 Å². The molecule has 2 atom stereocenters. The van der Waals surface area contributed by atoms with Gasteiger partial charge in [0.15, 0.2) is 0 Å². The fraction of sp³-hybridized carbons (Fsp3) is 0.517. The monoisotopic (exact) mass is 587 g/mol. The molecule has 1 saturated heterocycles. The molecule has 0 spiro atoms. The fourth-order valence-electron chi connectivity index (χ4n) is 5.28. The van der Waals surface area contributed by atoms with Gasteiger partial charge in [0.05, 0.1) is 35.4 Å². The molecule has 2 aromatic heterocycles. The Hall–Kier alpha value is -3.25. The molecule has 1 aliphatic carbocycles. The van der Waals surface area contributed by atoms with Crippen molar-refractivity contribution in [3.05, 3.63) is 36.2 Å². The van der Waals surface area contributed by atoms with E-state index < -0.39 is 21.9 Å². The zero-order valence-electron chi connectivity index (χ0n) is 23.7. The maximum atomic E-state index is 15.0. The highest BCUT2D eigenvalue weighted by atomic mass is 32.3. The van der Waals surface area contributed by atoms with Crippen molar-refractivity contribution in [2.24, 2.45) is 5.92 Å². The van der Waals surface area contributed by atoms with Gasteiger partial charge in [0.2, 0.25) is 11.8 Å². The van der Waals surface area contributed by atoms with Crippen LogP contribution in [0.3, 0.4) is 0 Å². The molecule has 0 bridgehead atoms. The third kappa shape index (κ3) is 5.39. The van der Waals surface area contributed by atoms with Crippen molar-refractivity contribution in [2.45, 2.75) is 44.3 Å². The number of alkyl halides is 2. The Morgan fingerprint density at radius 1 is 1.20 bits per heavy atom. The summed E-state index contributed by atoms with van der Waals surface area (Å²) in [6.07, 6.45) is 10.4. The number of pyridine rings is 1. The molecule has 0 radical (unpaired) electrons. The zero-order chi connectivity index (χ0) is 29.1. The Morgan fingerprint density at radius 3 is 2.66 bits per heavy atom. The van der Waals surface area contributed by atoms with E-state index in [0.717, 1.165) is 29.0 Å². The van der Waals surface area contributed by atoms with Gasteiger partial charge in [-0.3, -0.25) is 14.5 Å². The molecular formula is C29H35F2N5O4S. The van der Waals surface area contributed by atoms with Gasteiger partial charge < -0.3 is 19.4 Å². The summed E-state index contributed by atoms with van der Waals surface area (Å²) in [7, 11) is -0.823. The summed E-state index contributed by atoms with van der Waals surface area (Å²) < 4.78 is 44.1. The van der Waals surface area contributed by atoms with E-state index in [0.29, 0.717) is 48.3 Å². The lowest BCUT2D eigenvalue weighted by Gasteiger charge is -2.25. The minimum atomic E-state index is -3.64. The van der Waals surface area contributed by atoms with Crippen LogP contribution >= 0.6 is 10.0 Å². The highest BCUT2D eigenvalue weighted by molar-refractivity contribution is 8.32. The van der Waals surface area contributed by atoms with Crippen LogP contribution in [-0.2, 0) is 20.2 Å². The number of halogens is 2. The Labute approximate surface area is 238 Å². The highest BCUT2D eigenvalue weighted by Crippen LogP contribution is 2.46. The van der Waals surface area contributed by atoms with Gasteiger partial charge in [-0.1, -0.05) is 6.07 Å². The van der Waals surface area contributed by atoms with E-state index in [-0.39, 0.29) is 35.9 Å². The molecule has 9 nitrogen and oxygen atoms in total. The van der Waals surface area contributed by atoms with E-state index in [1.165, 1.54) is 6.07 Å².